The van der Waals surface area contributed by atoms with E-state index in [9.17, 15) is 0 Å². The van der Waals surface area contributed by atoms with Gasteiger partial charge in [0.2, 0.25) is 0 Å². The predicted molar refractivity (Wildman–Crippen MR) is 101 cm³/mol. The zero-order valence-corrected chi connectivity index (χ0v) is 15.4. The van der Waals surface area contributed by atoms with Crippen molar-refractivity contribution in [2.75, 3.05) is 33.5 Å². The lowest BCUT2D eigenvalue weighted by atomic mass is 10.2. The Morgan fingerprint density at radius 2 is 1.92 bits per heavy atom. The summed E-state index contributed by atoms with van der Waals surface area (Å²) in [5.41, 5.74) is 3.63. The van der Waals surface area contributed by atoms with Gasteiger partial charge in [0.15, 0.2) is 5.11 Å². The number of hydrazone groups is 1. The van der Waals surface area contributed by atoms with Crippen LogP contribution in [0.1, 0.15) is 32.3 Å². The highest BCUT2D eigenvalue weighted by Crippen LogP contribution is 2.24. The second kappa shape index (κ2) is 12.5. The van der Waals surface area contributed by atoms with E-state index in [4.69, 9.17) is 26.4 Å². The summed E-state index contributed by atoms with van der Waals surface area (Å²) in [6.45, 7) is 6.68. The van der Waals surface area contributed by atoms with Gasteiger partial charge in [-0.1, -0.05) is 13.8 Å². The first-order chi connectivity index (χ1) is 11.7. The van der Waals surface area contributed by atoms with Gasteiger partial charge in [-0.05, 0) is 37.2 Å². The van der Waals surface area contributed by atoms with E-state index in [0.29, 0.717) is 31.5 Å². The number of thiocarbonyl (C=S) groups is 1. The number of methoxy groups -OCH3 is 1. The summed E-state index contributed by atoms with van der Waals surface area (Å²) in [6.07, 6.45) is 3.58. The van der Waals surface area contributed by atoms with Gasteiger partial charge >= 0.3 is 0 Å². The fraction of sp³-hybridized carbons (Fsp3) is 0.529. The van der Waals surface area contributed by atoms with Crippen LogP contribution >= 0.6 is 12.2 Å². The van der Waals surface area contributed by atoms with Gasteiger partial charge in [0.1, 0.15) is 11.5 Å². The average Bonchev–Trinajstić information content (AvgIpc) is 2.59. The van der Waals surface area contributed by atoms with Crippen molar-refractivity contribution in [3.63, 3.8) is 0 Å². The number of rotatable bonds is 11. The van der Waals surface area contributed by atoms with Crippen molar-refractivity contribution in [1.29, 1.82) is 0 Å². The lowest BCUT2D eigenvalue weighted by molar-refractivity contribution is 0.204. The van der Waals surface area contributed by atoms with E-state index in [-0.39, 0.29) is 0 Å². The summed E-state index contributed by atoms with van der Waals surface area (Å²) < 4.78 is 16.4. The first-order valence-corrected chi connectivity index (χ1v) is 8.57. The SMILES string of the molecule is CCCOc1ccc(/C=N\NC(=S)NCCOC)c(OCCC)c1. The minimum Gasteiger partial charge on any atom is -0.493 e. The van der Waals surface area contributed by atoms with Crippen molar-refractivity contribution < 1.29 is 14.2 Å². The minimum absolute atomic E-state index is 0.447. The highest BCUT2D eigenvalue weighted by atomic mass is 32.1. The molecule has 7 heteroatoms. The highest BCUT2D eigenvalue weighted by molar-refractivity contribution is 7.80. The molecule has 0 amide bonds. The Balaban J connectivity index is 2.66. The predicted octanol–water partition coefficient (Wildman–Crippen LogP) is 2.71. The van der Waals surface area contributed by atoms with Crippen LogP contribution in [0.2, 0.25) is 0 Å². The van der Waals surface area contributed by atoms with E-state index in [1.54, 1.807) is 13.3 Å². The van der Waals surface area contributed by atoms with Crippen molar-refractivity contribution >= 4 is 23.5 Å². The first kappa shape index (κ1) is 20.2. The third kappa shape index (κ3) is 8.12. The summed E-state index contributed by atoms with van der Waals surface area (Å²) in [5.74, 6) is 1.54. The number of nitrogens with zero attached hydrogens (tertiary/aromatic N) is 1. The Morgan fingerprint density at radius 1 is 1.17 bits per heavy atom. The molecule has 0 fully saturated rings. The molecule has 0 aliphatic carbocycles. The zero-order valence-electron chi connectivity index (χ0n) is 14.6. The van der Waals surface area contributed by atoms with Crippen LogP contribution in [0.4, 0.5) is 0 Å². The molecule has 24 heavy (non-hydrogen) atoms. The molecule has 0 aromatic heterocycles. The number of nitrogens with one attached hydrogen (secondary N) is 2. The fourth-order valence-corrected chi connectivity index (χ4v) is 1.89. The Bertz CT molecular complexity index is 524. The van der Waals surface area contributed by atoms with E-state index in [1.807, 2.05) is 18.2 Å². The Morgan fingerprint density at radius 3 is 2.62 bits per heavy atom. The standard InChI is InChI=1S/C17H27N3O3S/c1-4-9-22-15-7-6-14(16(12-15)23-10-5-2)13-19-20-17(24)18-8-11-21-3/h6-7,12-13H,4-5,8-11H2,1-3H3,(H2,18,20,24)/b19-13-. The summed E-state index contributed by atoms with van der Waals surface area (Å²) in [6, 6.07) is 5.72. The smallest absolute Gasteiger partial charge is 0.187 e. The lowest BCUT2D eigenvalue weighted by Gasteiger charge is -2.11. The van der Waals surface area contributed by atoms with Crippen molar-refractivity contribution in [2.45, 2.75) is 26.7 Å². The zero-order chi connectivity index (χ0) is 17.6. The van der Waals surface area contributed by atoms with Crippen LogP contribution in [0.25, 0.3) is 0 Å². The van der Waals surface area contributed by atoms with Crippen LogP contribution in [0, 0.1) is 0 Å². The molecule has 1 rings (SSSR count). The topological polar surface area (TPSA) is 64.1 Å². The number of benzene rings is 1. The van der Waals surface area contributed by atoms with E-state index in [2.05, 4.69) is 29.7 Å². The molecule has 0 bridgehead atoms. The summed E-state index contributed by atoms with van der Waals surface area (Å²) >= 11 is 5.11. The van der Waals surface area contributed by atoms with Crippen molar-refractivity contribution in [1.82, 2.24) is 10.7 Å². The van der Waals surface area contributed by atoms with E-state index < -0.39 is 0 Å². The van der Waals surface area contributed by atoms with Gasteiger partial charge in [-0.2, -0.15) is 5.10 Å². The third-order valence-electron chi connectivity index (χ3n) is 2.88. The number of ether oxygens (including phenoxy) is 3. The lowest BCUT2D eigenvalue weighted by Crippen LogP contribution is -2.34. The van der Waals surface area contributed by atoms with Crippen LogP contribution in [-0.2, 0) is 4.74 Å². The average molecular weight is 353 g/mol. The van der Waals surface area contributed by atoms with E-state index in [0.717, 1.165) is 29.9 Å². The van der Waals surface area contributed by atoms with Gasteiger partial charge < -0.3 is 19.5 Å². The molecule has 0 saturated carbocycles. The molecule has 1 aromatic rings. The third-order valence-corrected chi connectivity index (χ3v) is 3.12. The van der Waals surface area contributed by atoms with Gasteiger partial charge in [0.05, 0.1) is 26.0 Å². The molecule has 0 radical (unpaired) electrons. The van der Waals surface area contributed by atoms with Gasteiger partial charge in [0.25, 0.3) is 0 Å². The Labute approximate surface area is 149 Å². The van der Waals surface area contributed by atoms with Gasteiger partial charge in [-0.15, -0.1) is 0 Å². The van der Waals surface area contributed by atoms with Crippen LogP contribution in [0.15, 0.2) is 23.3 Å². The molecular weight excluding hydrogens is 326 g/mol. The molecule has 0 unspecified atom stereocenters. The second-order valence-corrected chi connectivity index (χ2v) is 5.42. The molecular formula is C17H27N3O3S. The maximum Gasteiger partial charge on any atom is 0.187 e. The molecule has 1 aromatic carbocycles. The van der Waals surface area contributed by atoms with Crippen molar-refractivity contribution in [3.8, 4) is 11.5 Å². The highest BCUT2D eigenvalue weighted by Gasteiger charge is 2.05. The molecule has 134 valence electrons. The molecule has 0 atom stereocenters. The maximum atomic E-state index is 5.78. The maximum absolute atomic E-state index is 5.78. The molecule has 0 aliphatic rings. The van der Waals surface area contributed by atoms with Gasteiger partial charge in [-0.3, -0.25) is 5.43 Å². The monoisotopic (exact) mass is 353 g/mol. The van der Waals surface area contributed by atoms with Crippen LogP contribution in [0.3, 0.4) is 0 Å². The molecule has 0 heterocycles. The van der Waals surface area contributed by atoms with Gasteiger partial charge in [0, 0.05) is 25.3 Å². The molecule has 2 N–H and O–H groups in total. The summed E-state index contributed by atoms with van der Waals surface area (Å²) in [7, 11) is 1.64. The number of hydrogen-bond acceptors (Lipinski definition) is 5. The molecule has 0 saturated heterocycles. The second-order valence-electron chi connectivity index (χ2n) is 5.02. The molecule has 0 aliphatic heterocycles. The summed E-state index contributed by atoms with van der Waals surface area (Å²) in [4.78, 5) is 0. The minimum atomic E-state index is 0.447. The first-order valence-electron chi connectivity index (χ1n) is 8.16. The van der Waals surface area contributed by atoms with E-state index >= 15 is 0 Å². The molecule has 0 spiro atoms. The Kier molecular flexibility index (Phi) is 10.6. The largest absolute Gasteiger partial charge is 0.493 e. The summed E-state index contributed by atoms with van der Waals surface area (Å²) in [5, 5.41) is 7.57. The number of hydrogen-bond donors (Lipinski definition) is 2. The van der Waals surface area contributed by atoms with E-state index in [1.165, 1.54) is 0 Å². The van der Waals surface area contributed by atoms with Crippen molar-refractivity contribution in [2.24, 2.45) is 5.10 Å². The fourth-order valence-electron chi connectivity index (χ4n) is 1.73. The van der Waals surface area contributed by atoms with Crippen LogP contribution < -0.4 is 20.2 Å². The van der Waals surface area contributed by atoms with Crippen LogP contribution in [0.5, 0.6) is 11.5 Å². The molecule has 6 nitrogen and oxygen atoms in total. The quantitative estimate of drug-likeness (QED) is 0.276. The Hall–Kier alpha value is -1.86. The normalized spacial score (nSPS) is 10.6. The van der Waals surface area contributed by atoms with Gasteiger partial charge in [-0.25, -0.2) is 0 Å². The van der Waals surface area contributed by atoms with Crippen molar-refractivity contribution in [3.05, 3.63) is 23.8 Å². The van der Waals surface area contributed by atoms with Crippen LogP contribution in [-0.4, -0.2) is 44.8 Å².